The van der Waals surface area contributed by atoms with E-state index in [-0.39, 0.29) is 17.1 Å². The van der Waals surface area contributed by atoms with Crippen LogP contribution in [0.4, 0.5) is 5.69 Å². The zero-order valence-electron chi connectivity index (χ0n) is 13.9. The number of rotatable bonds is 8. The van der Waals surface area contributed by atoms with Gasteiger partial charge in [0.05, 0.1) is 41.9 Å². The molecule has 2 aromatic rings. The van der Waals surface area contributed by atoms with E-state index in [1.807, 2.05) is 44.4 Å². The Bertz CT molecular complexity index is 840. The summed E-state index contributed by atoms with van der Waals surface area (Å²) in [6.45, 7) is 0.877. The van der Waals surface area contributed by atoms with Gasteiger partial charge in [-0.15, -0.1) is 0 Å². The Morgan fingerprint density at radius 3 is 2.44 bits per heavy atom. The molecule has 0 aliphatic rings. The van der Waals surface area contributed by atoms with Gasteiger partial charge >= 0.3 is 0 Å². The maximum atomic E-state index is 12.3. The molecule has 0 heterocycles. The minimum Gasteiger partial charge on any atom is -0.339 e. The Hall–Kier alpha value is -1.94. The number of nitrogens with one attached hydrogen (secondary N) is 2. The van der Waals surface area contributed by atoms with Crippen molar-refractivity contribution < 1.29 is 18.2 Å². The molecule has 0 unspecified atom stereocenters. The third kappa shape index (κ3) is 5.53. The lowest BCUT2D eigenvalue weighted by atomic mass is 10.3. The van der Waals surface area contributed by atoms with Crippen molar-refractivity contribution in [3.8, 4) is 0 Å². The molecule has 2 N–H and O–H groups in total. The van der Waals surface area contributed by atoms with E-state index < -0.39 is 14.9 Å². The number of likely N-dealkylation sites (N-methyl/N-ethyl adjacent to an activating group) is 1. The van der Waals surface area contributed by atoms with E-state index in [1.54, 1.807) is 0 Å². The van der Waals surface area contributed by atoms with Crippen molar-refractivity contribution in [3.63, 3.8) is 0 Å². The first-order valence-corrected chi connectivity index (χ1v) is 9.89. The van der Waals surface area contributed by atoms with Crippen LogP contribution in [0.5, 0.6) is 0 Å². The summed E-state index contributed by atoms with van der Waals surface area (Å²) >= 11 is 1.22. The number of sulfonamides is 1. The second-order valence-electron chi connectivity index (χ2n) is 5.66. The molecule has 0 aliphatic heterocycles. The molecular weight excluding hydrogens is 362 g/mol. The van der Waals surface area contributed by atoms with Gasteiger partial charge in [0, 0.05) is 11.0 Å². The first kappa shape index (κ1) is 19.4. The highest BCUT2D eigenvalue weighted by atomic mass is 32.2. The fourth-order valence-corrected chi connectivity index (χ4v) is 4.00. The molecule has 134 valence electrons. The molecular formula is C16H20N3O4S2+. The predicted octanol–water partition coefficient (Wildman–Crippen LogP) is 1.17. The highest BCUT2D eigenvalue weighted by Gasteiger charge is 2.22. The summed E-state index contributed by atoms with van der Waals surface area (Å²) in [6, 6.07) is 13.2. The Morgan fingerprint density at radius 2 is 1.84 bits per heavy atom. The molecule has 2 aromatic carbocycles. The summed E-state index contributed by atoms with van der Waals surface area (Å²) < 4.78 is 27.1. The second-order valence-corrected chi connectivity index (χ2v) is 8.54. The lowest BCUT2D eigenvalue weighted by molar-refractivity contribution is -0.856. The van der Waals surface area contributed by atoms with E-state index in [4.69, 9.17) is 0 Å². The summed E-state index contributed by atoms with van der Waals surface area (Å²) in [5, 5.41) is 11.4. The molecule has 0 atom stereocenters. The number of nitrogens with zero attached hydrogens (tertiary/aromatic N) is 1. The van der Waals surface area contributed by atoms with E-state index in [1.165, 1.54) is 23.9 Å². The first-order chi connectivity index (χ1) is 11.8. The Morgan fingerprint density at radius 1 is 1.16 bits per heavy atom. The average Bonchev–Trinajstić information content (AvgIpc) is 2.55. The minimum absolute atomic E-state index is 0.106. The van der Waals surface area contributed by atoms with Gasteiger partial charge in [0.15, 0.2) is 0 Å². The third-order valence-electron chi connectivity index (χ3n) is 3.33. The largest absolute Gasteiger partial charge is 0.339 e. The van der Waals surface area contributed by atoms with Crippen LogP contribution in [0.1, 0.15) is 0 Å². The summed E-state index contributed by atoms with van der Waals surface area (Å²) in [5.41, 5.74) is -0.227. The van der Waals surface area contributed by atoms with Gasteiger partial charge in [-0.2, -0.15) is 0 Å². The van der Waals surface area contributed by atoms with Gasteiger partial charge in [-0.25, -0.2) is 13.1 Å². The molecule has 9 heteroatoms. The molecule has 2 rings (SSSR count). The van der Waals surface area contributed by atoms with Gasteiger partial charge in [0.1, 0.15) is 0 Å². The molecule has 0 saturated heterocycles. The number of hydrogen-bond donors (Lipinski definition) is 2. The van der Waals surface area contributed by atoms with Crippen LogP contribution >= 0.6 is 11.8 Å². The van der Waals surface area contributed by atoms with Gasteiger partial charge in [-0.1, -0.05) is 30.0 Å². The fourth-order valence-electron chi connectivity index (χ4n) is 2.03. The van der Waals surface area contributed by atoms with Gasteiger partial charge in [0.2, 0.25) is 10.0 Å². The maximum Gasteiger partial charge on any atom is 0.284 e. The SMILES string of the molecule is C[NH+](C)CCNS(=O)(=O)c1ccc(Sc2ccccc2)c([N+](=O)[O-])c1. The number of benzene rings is 2. The number of nitro benzene ring substituents is 1. The second kappa shape index (κ2) is 8.43. The van der Waals surface area contributed by atoms with Crippen molar-refractivity contribution in [2.45, 2.75) is 14.7 Å². The van der Waals surface area contributed by atoms with Crippen LogP contribution in [0.3, 0.4) is 0 Å². The first-order valence-electron chi connectivity index (χ1n) is 7.59. The van der Waals surface area contributed by atoms with Crippen molar-refractivity contribution in [3.05, 3.63) is 58.6 Å². The van der Waals surface area contributed by atoms with Crippen molar-refractivity contribution >= 4 is 27.5 Å². The lowest BCUT2D eigenvalue weighted by Gasteiger charge is -2.10. The number of hydrogen-bond acceptors (Lipinski definition) is 5. The van der Waals surface area contributed by atoms with Crippen molar-refractivity contribution in [1.29, 1.82) is 0 Å². The summed E-state index contributed by atoms with van der Waals surface area (Å²) in [7, 11) is 0.0443. The van der Waals surface area contributed by atoms with Crippen molar-refractivity contribution in [2.75, 3.05) is 27.2 Å². The molecule has 0 radical (unpaired) electrons. The Balaban J connectivity index is 2.27. The van der Waals surface area contributed by atoms with Crippen LogP contribution in [0.2, 0.25) is 0 Å². The lowest BCUT2D eigenvalue weighted by Crippen LogP contribution is -3.06. The van der Waals surface area contributed by atoms with Crippen LogP contribution in [0.15, 0.2) is 63.2 Å². The highest BCUT2D eigenvalue weighted by Crippen LogP contribution is 2.35. The standard InChI is InChI=1S/C16H19N3O4S2/c1-18(2)11-10-17-25(22,23)14-8-9-16(15(12-14)19(20)21)24-13-6-4-3-5-7-13/h3-9,12,17H,10-11H2,1-2H3/p+1. The van der Waals surface area contributed by atoms with Crippen molar-refractivity contribution in [2.24, 2.45) is 0 Å². The molecule has 25 heavy (non-hydrogen) atoms. The normalized spacial score (nSPS) is 11.6. The molecule has 0 saturated carbocycles. The number of quaternary nitrogens is 1. The zero-order chi connectivity index (χ0) is 18.4. The quantitative estimate of drug-likeness (QED) is 0.528. The summed E-state index contributed by atoms with van der Waals surface area (Å²) in [4.78, 5) is 13.0. The minimum atomic E-state index is -3.78. The van der Waals surface area contributed by atoms with Crippen LogP contribution in [-0.4, -0.2) is 40.5 Å². The van der Waals surface area contributed by atoms with Gasteiger partial charge in [-0.05, 0) is 24.3 Å². The average molecular weight is 382 g/mol. The van der Waals surface area contributed by atoms with Crippen LogP contribution in [-0.2, 0) is 10.0 Å². The molecule has 0 bridgehead atoms. The highest BCUT2D eigenvalue weighted by molar-refractivity contribution is 7.99. The monoisotopic (exact) mass is 382 g/mol. The van der Waals surface area contributed by atoms with Crippen LogP contribution < -0.4 is 9.62 Å². The molecule has 7 nitrogen and oxygen atoms in total. The molecule has 0 aromatic heterocycles. The fraction of sp³-hybridized carbons (Fsp3) is 0.250. The van der Waals surface area contributed by atoms with Crippen molar-refractivity contribution in [1.82, 2.24) is 4.72 Å². The molecule has 0 amide bonds. The van der Waals surface area contributed by atoms with Gasteiger partial charge in [0.25, 0.3) is 5.69 Å². The Labute approximate surface area is 151 Å². The van der Waals surface area contributed by atoms with E-state index in [0.29, 0.717) is 11.4 Å². The number of nitro groups is 1. The Kier molecular flexibility index (Phi) is 6.54. The zero-order valence-corrected chi connectivity index (χ0v) is 15.6. The molecule has 0 fully saturated rings. The summed E-state index contributed by atoms with van der Waals surface area (Å²) in [5.74, 6) is 0. The summed E-state index contributed by atoms with van der Waals surface area (Å²) in [6.07, 6.45) is 0. The van der Waals surface area contributed by atoms with E-state index in [2.05, 4.69) is 4.72 Å². The molecule has 0 spiro atoms. The molecule has 0 aliphatic carbocycles. The van der Waals surface area contributed by atoms with Gasteiger partial charge in [-0.3, -0.25) is 10.1 Å². The van der Waals surface area contributed by atoms with Crippen LogP contribution in [0, 0.1) is 10.1 Å². The topological polar surface area (TPSA) is 93.8 Å². The van der Waals surface area contributed by atoms with E-state index >= 15 is 0 Å². The van der Waals surface area contributed by atoms with E-state index in [9.17, 15) is 18.5 Å². The van der Waals surface area contributed by atoms with Crippen LogP contribution in [0.25, 0.3) is 0 Å². The third-order valence-corrected chi connectivity index (χ3v) is 5.86. The maximum absolute atomic E-state index is 12.3. The van der Waals surface area contributed by atoms with Gasteiger partial charge < -0.3 is 4.90 Å². The smallest absolute Gasteiger partial charge is 0.284 e. The van der Waals surface area contributed by atoms with E-state index in [0.717, 1.165) is 15.9 Å². The predicted molar refractivity (Wildman–Crippen MR) is 96.5 cm³/mol.